The molecule has 0 spiro atoms. The predicted octanol–water partition coefficient (Wildman–Crippen LogP) is 3.21. The number of halogens is 3. The number of carboxylic acid groups (broad SMARTS) is 1. The number of alkyl halides is 3. The minimum atomic E-state index is -5.19. The number of anilines is 1. The summed E-state index contributed by atoms with van der Waals surface area (Å²) >= 11 is 0. The Kier molecular flexibility index (Phi) is 12.4. The van der Waals surface area contributed by atoms with Crippen LogP contribution in [0.4, 0.5) is 23.7 Å². The SMILES string of the molecule is CC(C)OC(=O)c1ccc(NC(=O)N[C@@H](Cc2ccc(O)cc2)C(=O)N2CC[N+](C)(Cc3ccc4c(c3)OCO4)CC2)cc1.O=C([O-])C(F)(F)F. The smallest absolute Gasteiger partial charge is 0.430 e. The first-order valence-corrected chi connectivity index (χ1v) is 16.0. The summed E-state index contributed by atoms with van der Waals surface area (Å²) in [5.74, 6) is -1.98. The van der Waals surface area contributed by atoms with Crippen molar-refractivity contribution in [3.63, 3.8) is 0 Å². The van der Waals surface area contributed by atoms with E-state index in [1.807, 2.05) is 12.1 Å². The molecule has 0 saturated carbocycles. The van der Waals surface area contributed by atoms with Crippen LogP contribution < -0.4 is 25.2 Å². The van der Waals surface area contributed by atoms with Crippen LogP contribution >= 0.6 is 0 Å². The van der Waals surface area contributed by atoms with Gasteiger partial charge in [0, 0.05) is 17.7 Å². The molecule has 1 saturated heterocycles. The molecule has 3 amide bonds. The van der Waals surface area contributed by atoms with E-state index in [4.69, 9.17) is 24.1 Å². The number of nitrogens with one attached hydrogen (secondary N) is 2. The molecule has 0 aliphatic carbocycles. The zero-order valence-corrected chi connectivity index (χ0v) is 28.2. The highest BCUT2D eigenvalue weighted by Crippen LogP contribution is 2.33. The molecule has 5 rings (SSSR count). The molecule has 2 aliphatic heterocycles. The third kappa shape index (κ3) is 11.3. The van der Waals surface area contributed by atoms with Gasteiger partial charge in [0.2, 0.25) is 12.7 Å². The molecule has 0 radical (unpaired) electrons. The molecule has 13 nitrogen and oxygen atoms in total. The number of aromatic hydroxyl groups is 1. The molecule has 3 aromatic carbocycles. The van der Waals surface area contributed by atoms with Crippen molar-refractivity contribution in [1.29, 1.82) is 0 Å². The first-order valence-electron chi connectivity index (χ1n) is 16.0. The number of ether oxygens (including phenoxy) is 3. The van der Waals surface area contributed by atoms with E-state index in [0.29, 0.717) is 24.3 Å². The van der Waals surface area contributed by atoms with Crippen LogP contribution in [0.5, 0.6) is 17.2 Å². The number of aliphatic carboxylic acids is 1. The van der Waals surface area contributed by atoms with E-state index >= 15 is 0 Å². The van der Waals surface area contributed by atoms with Gasteiger partial charge in [0.15, 0.2) is 11.5 Å². The topological polar surface area (TPSA) is 167 Å². The number of hydrogen-bond donors (Lipinski definition) is 3. The maximum Gasteiger partial charge on any atom is 0.430 e. The van der Waals surface area contributed by atoms with Crippen molar-refractivity contribution in [3.05, 3.63) is 83.4 Å². The summed E-state index contributed by atoms with van der Waals surface area (Å²) in [6.45, 7) is 7.18. The van der Waals surface area contributed by atoms with Gasteiger partial charge in [-0.05, 0) is 74.0 Å². The zero-order valence-electron chi connectivity index (χ0n) is 28.2. The molecular formula is C35H39F3N4O9. The number of rotatable bonds is 9. The molecule has 3 aromatic rings. The number of phenolic OH excluding ortho intramolecular Hbond substituents is 1. The predicted molar refractivity (Wildman–Crippen MR) is 175 cm³/mol. The van der Waals surface area contributed by atoms with Crippen molar-refractivity contribution in [2.75, 3.05) is 45.3 Å². The van der Waals surface area contributed by atoms with E-state index in [2.05, 4.69) is 23.7 Å². The molecule has 3 N–H and O–H groups in total. The lowest BCUT2D eigenvalue weighted by Gasteiger charge is -2.43. The lowest BCUT2D eigenvalue weighted by atomic mass is 10.0. The van der Waals surface area contributed by atoms with Crippen LogP contribution in [0.3, 0.4) is 0 Å². The first kappa shape index (κ1) is 38.3. The fourth-order valence-electron chi connectivity index (χ4n) is 5.39. The number of phenols is 1. The summed E-state index contributed by atoms with van der Waals surface area (Å²) in [7, 11) is 2.18. The van der Waals surface area contributed by atoms with Crippen LogP contribution in [0.2, 0.25) is 0 Å². The summed E-state index contributed by atoms with van der Waals surface area (Å²) in [5.41, 5.74) is 2.79. The second-order valence-corrected chi connectivity index (χ2v) is 12.6. The minimum absolute atomic E-state index is 0.124. The Hall–Kier alpha value is -5.51. The summed E-state index contributed by atoms with van der Waals surface area (Å²) in [5, 5.41) is 24.1. The van der Waals surface area contributed by atoms with Gasteiger partial charge in [0.25, 0.3) is 0 Å². The van der Waals surface area contributed by atoms with Crippen LogP contribution in [-0.2, 0) is 27.3 Å². The Balaban J connectivity index is 0.000000755. The summed E-state index contributed by atoms with van der Waals surface area (Å²) < 4.78 is 48.5. The molecule has 1 fully saturated rings. The molecule has 51 heavy (non-hydrogen) atoms. The molecule has 0 bridgehead atoms. The van der Waals surface area contributed by atoms with Gasteiger partial charge in [0.1, 0.15) is 24.3 Å². The Labute approximate surface area is 292 Å². The number of piperazine rings is 1. The number of esters is 1. The number of carbonyl (C=O) groups excluding carboxylic acids is 4. The highest BCUT2D eigenvalue weighted by molar-refractivity contribution is 5.95. The first-order chi connectivity index (χ1) is 24.0. The molecule has 0 unspecified atom stereocenters. The maximum absolute atomic E-state index is 13.8. The molecule has 0 aromatic heterocycles. The second kappa shape index (κ2) is 16.5. The number of nitrogens with zero attached hydrogens (tertiary/aromatic N) is 2. The van der Waals surface area contributed by atoms with E-state index in [-0.39, 0.29) is 31.0 Å². The Morgan fingerprint density at radius 3 is 2.12 bits per heavy atom. The second-order valence-electron chi connectivity index (χ2n) is 12.6. The summed E-state index contributed by atoms with van der Waals surface area (Å²) in [4.78, 5) is 49.6. The van der Waals surface area contributed by atoms with Crippen molar-refractivity contribution in [2.45, 2.75) is 45.1 Å². The highest BCUT2D eigenvalue weighted by atomic mass is 19.4. The Bertz CT molecular complexity index is 1690. The average Bonchev–Trinajstić information content (AvgIpc) is 3.53. The monoisotopic (exact) mass is 716 g/mol. The molecule has 2 aliphatic rings. The third-order valence-electron chi connectivity index (χ3n) is 8.06. The van der Waals surface area contributed by atoms with Gasteiger partial charge in [-0.15, -0.1) is 0 Å². The molecule has 16 heteroatoms. The van der Waals surface area contributed by atoms with Gasteiger partial charge in [0.05, 0.1) is 44.9 Å². The van der Waals surface area contributed by atoms with Crippen molar-refractivity contribution in [2.24, 2.45) is 0 Å². The van der Waals surface area contributed by atoms with E-state index in [1.165, 1.54) is 0 Å². The summed E-state index contributed by atoms with van der Waals surface area (Å²) in [6, 6.07) is 17.6. The quantitative estimate of drug-likeness (QED) is 0.223. The normalized spacial score (nSPS) is 15.2. The van der Waals surface area contributed by atoms with E-state index in [1.54, 1.807) is 67.3 Å². The van der Waals surface area contributed by atoms with E-state index in [0.717, 1.165) is 46.7 Å². The number of amides is 3. The number of urea groups is 1. The number of quaternary nitrogens is 1. The standard InChI is InChI=1S/C33H38N4O7.C2HF3O2/c1-22(2)44-32(40)25-7-9-26(10-8-25)34-33(41)35-28(18-23-4-11-27(38)12-5-23)31(39)36-14-16-37(3,17-15-36)20-24-6-13-29-30(19-24)43-21-42-29;3-2(4,5)1(6)7/h4-13,19,22,28H,14-18,20-21H2,1-3H3,(H2-,34,35,38,40,41);(H,6,7)/t28-;/m0./s1. The van der Waals surface area contributed by atoms with Crippen LogP contribution in [0.25, 0.3) is 0 Å². The number of likely N-dealkylation sites (N-methyl/N-ethyl adjacent to an activating group) is 1. The number of hydrogen-bond acceptors (Lipinski definition) is 9. The van der Waals surface area contributed by atoms with Gasteiger partial charge < -0.3 is 49.2 Å². The van der Waals surface area contributed by atoms with Gasteiger partial charge >= 0.3 is 18.2 Å². The molecule has 1 atom stereocenters. The molecule has 2 heterocycles. The van der Waals surface area contributed by atoms with Crippen molar-refractivity contribution < 1.29 is 61.3 Å². The Morgan fingerprint density at radius 2 is 1.53 bits per heavy atom. The van der Waals surface area contributed by atoms with Crippen LogP contribution in [0.15, 0.2) is 66.7 Å². The minimum Gasteiger partial charge on any atom is -0.542 e. The average molecular weight is 717 g/mol. The van der Waals surface area contributed by atoms with Crippen LogP contribution in [0.1, 0.15) is 35.3 Å². The Morgan fingerprint density at radius 1 is 0.941 bits per heavy atom. The highest BCUT2D eigenvalue weighted by Gasteiger charge is 2.35. The van der Waals surface area contributed by atoms with Crippen molar-refractivity contribution in [3.8, 4) is 17.2 Å². The van der Waals surface area contributed by atoms with E-state index < -0.39 is 30.2 Å². The summed E-state index contributed by atoms with van der Waals surface area (Å²) in [6.07, 6.45) is -5.18. The number of benzene rings is 3. The van der Waals surface area contributed by atoms with Crippen LogP contribution in [0, 0.1) is 0 Å². The largest absolute Gasteiger partial charge is 0.542 e. The van der Waals surface area contributed by atoms with Gasteiger partial charge in [-0.25, -0.2) is 9.59 Å². The zero-order chi connectivity index (χ0) is 37.3. The van der Waals surface area contributed by atoms with Crippen molar-refractivity contribution >= 4 is 29.6 Å². The molecule has 274 valence electrons. The number of carboxylic acids is 1. The third-order valence-corrected chi connectivity index (χ3v) is 8.06. The lowest BCUT2D eigenvalue weighted by molar-refractivity contribution is -0.926. The van der Waals surface area contributed by atoms with Gasteiger partial charge in [-0.3, -0.25) is 4.79 Å². The number of carbonyl (C=O) groups is 4. The number of fused-ring (bicyclic) bond motifs is 1. The van der Waals surface area contributed by atoms with Gasteiger partial charge in [-0.1, -0.05) is 12.1 Å². The molecular weight excluding hydrogens is 677 g/mol. The van der Waals surface area contributed by atoms with Crippen molar-refractivity contribution in [1.82, 2.24) is 10.2 Å². The fraction of sp³-hybridized carbons (Fsp3) is 0.371. The van der Waals surface area contributed by atoms with E-state index in [9.17, 15) is 32.7 Å². The van der Waals surface area contributed by atoms with Crippen LogP contribution in [-0.4, -0.2) is 96.7 Å². The maximum atomic E-state index is 13.8. The lowest BCUT2D eigenvalue weighted by Crippen LogP contribution is -2.61. The fourth-order valence-corrected chi connectivity index (χ4v) is 5.39. The van der Waals surface area contributed by atoms with Gasteiger partial charge in [-0.2, -0.15) is 13.2 Å².